The Kier molecular flexibility index (Phi) is 14.2. The zero-order valence-corrected chi connectivity index (χ0v) is 30.4. The largest absolute Gasteiger partial charge is 0.453 e. The van der Waals surface area contributed by atoms with E-state index in [0.717, 1.165) is 21.2 Å². The van der Waals surface area contributed by atoms with Crippen LogP contribution in [0.25, 0.3) is 0 Å². The summed E-state index contributed by atoms with van der Waals surface area (Å²) in [6, 6.07) is 13.7. The standard InChI is InChI=1S/C36H50BrN5O6/c1-24(2)29-31(43)38-20-8-7-10-25-11-13-26(14-12-25)22-36(47,33(45)39-29)19-9-21-42(23-27-15-17-28(37)18-16-27)41-32(44)30(35(3,4)5)40-34(46)48-6/h7-8,11-18,24,29-30,47H,9-10,19-23H2,1-6H3,(H,38,43)(H,39,45)(H,40,46)(H,41,44)/b8-7-/t29-,30+,36+/m0/s1. The number of alkyl carbamates (subject to hydrolysis) is 1. The summed E-state index contributed by atoms with van der Waals surface area (Å²) in [5.74, 6) is -1.61. The van der Waals surface area contributed by atoms with Crippen LogP contribution in [0, 0.1) is 11.3 Å². The smallest absolute Gasteiger partial charge is 0.407 e. The predicted molar refractivity (Wildman–Crippen MR) is 188 cm³/mol. The SMILES string of the molecule is COC(=O)N[C@H](C(=O)NN(CCC[C@@]1(O)Cc2ccc(cc2)C/C=C\CNC(=O)[C@H](C(C)C)NC1=O)Cc1ccc(Br)cc1)C(C)(C)C. The second-order valence-corrected chi connectivity index (χ2v) is 14.6. The van der Waals surface area contributed by atoms with Gasteiger partial charge in [-0.05, 0) is 59.4 Å². The molecule has 2 heterocycles. The summed E-state index contributed by atoms with van der Waals surface area (Å²) in [4.78, 5) is 52.6. The first kappa shape index (κ1) is 38.7. The summed E-state index contributed by atoms with van der Waals surface area (Å²) >= 11 is 3.45. The van der Waals surface area contributed by atoms with Crippen molar-refractivity contribution in [2.75, 3.05) is 20.2 Å². The minimum Gasteiger partial charge on any atom is -0.453 e. The van der Waals surface area contributed by atoms with Gasteiger partial charge in [0.1, 0.15) is 17.7 Å². The van der Waals surface area contributed by atoms with E-state index < -0.39 is 41.0 Å². The number of nitrogens with one attached hydrogen (secondary N) is 4. The van der Waals surface area contributed by atoms with Gasteiger partial charge >= 0.3 is 6.09 Å². The summed E-state index contributed by atoms with van der Waals surface area (Å²) in [6.45, 7) is 10.1. The van der Waals surface area contributed by atoms with Crippen LogP contribution in [0.3, 0.4) is 0 Å². The maximum Gasteiger partial charge on any atom is 0.407 e. The second kappa shape index (κ2) is 17.6. The Morgan fingerprint density at radius 1 is 1.06 bits per heavy atom. The maximum absolute atomic E-state index is 13.9. The first-order valence-electron chi connectivity index (χ1n) is 16.3. The Labute approximate surface area is 292 Å². The van der Waals surface area contributed by atoms with Crippen LogP contribution in [0.1, 0.15) is 64.2 Å². The van der Waals surface area contributed by atoms with Gasteiger partial charge in [-0.2, -0.15) is 0 Å². The Morgan fingerprint density at radius 3 is 2.31 bits per heavy atom. The van der Waals surface area contributed by atoms with Gasteiger partial charge in [0.2, 0.25) is 5.91 Å². The molecule has 262 valence electrons. The molecule has 0 saturated heterocycles. The number of carbonyl (C=O) groups excluding carboxylic acids is 4. The van der Waals surface area contributed by atoms with E-state index in [1.807, 2.05) is 95.3 Å². The fraction of sp³-hybridized carbons (Fsp3) is 0.500. The van der Waals surface area contributed by atoms with Crippen molar-refractivity contribution in [1.29, 1.82) is 0 Å². The van der Waals surface area contributed by atoms with E-state index in [2.05, 4.69) is 37.3 Å². The van der Waals surface area contributed by atoms with Crippen molar-refractivity contribution in [3.05, 3.63) is 81.8 Å². The molecule has 0 spiro atoms. The predicted octanol–water partition coefficient (Wildman–Crippen LogP) is 4.18. The Balaban J connectivity index is 1.87. The van der Waals surface area contributed by atoms with E-state index >= 15 is 0 Å². The molecule has 2 bridgehead atoms. The van der Waals surface area contributed by atoms with Gasteiger partial charge in [-0.3, -0.25) is 19.8 Å². The molecule has 2 aromatic carbocycles. The lowest BCUT2D eigenvalue weighted by Gasteiger charge is -2.33. The number of halogens is 1. The van der Waals surface area contributed by atoms with Gasteiger partial charge in [0.25, 0.3) is 11.8 Å². The third kappa shape index (κ3) is 11.7. The average Bonchev–Trinajstić information content (AvgIpc) is 3.03. The summed E-state index contributed by atoms with van der Waals surface area (Å²) in [6.07, 6.45) is 4.24. The van der Waals surface area contributed by atoms with Gasteiger partial charge in [0.15, 0.2) is 0 Å². The minimum atomic E-state index is -1.85. The van der Waals surface area contributed by atoms with Crippen molar-refractivity contribution in [2.24, 2.45) is 11.3 Å². The molecule has 0 radical (unpaired) electrons. The molecular formula is C36H50BrN5O6. The number of aliphatic hydroxyl groups is 1. The number of rotatable bonds is 10. The minimum absolute atomic E-state index is 0.0373. The fourth-order valence-corrected chi connectivity index (χ4v) is 5.68. The fourth-order valence-electron chi connectivity index (χ4n) is 5.42. The van der Waals surface area contributed by atoms with E-state index in [-0.39, 0.29) is 31.2 Å². The number of benzene rings is 2. The average molecular weight is 729 g/mol. The van der Waals surface area contributed by atoms with Gasteiger partial charge in [-0.15, -0.1) is 0 Å². The number of hydrazine groups is 1. The topological polar surface area (TPSA) is 149 Å². The molecule has 0 fully saturated rings. The number of nitrogens with zero attached hydrogens (tertiary/aromatic N) is 1. The van der Waals surface area contributed by atoms with Crippen LogP contribution >= 0.6 is 15.9 Å². The molecule has 12 heteroatoms. The molecule has 2 aliphatic rings. The Hall–Kier alpha value is -3.74. The van der Waals surface area contributed by atoms with Crippen molar-refractivity contribution in [1.82, 2.24) is 26.4 Å². The molecule has 0 unspecified atom stereocenters. The lowest BCUT2D eigenvalue weighted by Crippen LogP contribution is -2.58. The lowest BCUT2D eigenvalue weighted by atomic mass is 9.86. The van der Waals surface area contributed by atoms with Gasteiger partial charge in [-0.1, -0.05) is 99.1 Å². The third-order valence-corrected chi connectivity index (χ3v) is 8.77. The highest BCUT2D eigenvalue weighted by molar-refractivity contribution is 9.10. The molecule has 0 aliphatic carbocycles. The summed E-state index contributed by atoms with van der Waals surface area (Å²) in [5.41, 5.74) is 3.23. The number of hydrogen-bond acceptors (Lipinski definition) is 7. The monoisotopic (exact) mass is 727 g/mol. The molecule has 4 amide bonds. The highest BCUT2D eigenvalue weighted by Gasteiger charge is 2.39. The van der Waals surface area contributed by atoms with Crippen LogP contribution < -0.4 is 21.4 Å². The van der Waals surface area contributed by atoms with Crippen LogP contribution in [-0.4, -0.2) is 71.8 Å². The van der Waals surface area contributed by atoms with Crippen molar-refractivity contribution in [3.8, 4) is 0 Å². The van der Waals surface area contributed by atoms with Gasteiger partial charge in [-0.25, -0.2) is 9.80 Å². The van der Waals surface area contributed by atoms with E-state index in [0.29, 0.717) is 25.9 Å². The zero-order chi connectivity index (χ0) is 35.5. The van der Waals surface area contributed by atoms with Crippen LogP contribution in [0.4, 0.5) is 4.79 Å². The van der Waals surface area contributed by atoms with Gasteiger partial charge in [0, 0.05) is 30.5 Å². The van der Waals surface area contributed by atoms with Crippen molar-refractivity contribution in [2.45, 2.75) is 84.5 Å². The molecule has 3 atom stereocenters. The van der Waals surface area contributed by atoms with Gasteiger partial charge < -0.3 is 25.8 Å². The molecule has 11 nitrogen and oxygen atoms in total. The quantitative estimate of drug-likeness (QED) is 0.182. The molecule has 5 N–H and O–H groups in total. The summed E-state index contributed by atoms with van der Waals surface area (Å²) < 4.78 is 5.67. The third-order valence-electron chi connectivity index (χ3n) is 8.24. The summed E-state index contributed by atoms with van der Waals surface area (Å²) in [7, 11) is 1.24. The number of carbonyl (C=O) groups is 4. The van der Waals surface area contributed by atoms with Crippen molar-refractivity contribution >= 4 is 39.7 Å². The van der Waals surface area contributed by atoms with E-state index in [1.165, 1.54) is 7.11 Å². The molecule has 0 aromatic heterocycles. The van der Waals surface area contributed by atoms with E-state index in [9.17, 15) is 24.3 Å². The molecular weight excluding hydrogens is 678 g/mol. The Morgan fingerprint density at radius 2 is 1.71 bits per heavy atom. The van der Waals surface area contributed by atoms with Crippen molar-refractivity contribution < 1.29 is 29.0 Å². The van der Waals surface area contributed by atoms with E-state index in [1.54, 1.807) is 5.01 Å². The first-order chi connectivity index (χ1) is 22.6. The van der Waals surface area contributed by atoms with E-state index in [4.69, 9.17) is 4.74 Å². The normalized spacial score (nSPS) is 20.2. The molecule has 48 heavy (non-hydrogen) atoms. The van der Waals surface area contributed by atoms with Crippen LogP contribution in [0.2, 0.25) is 0 Å². The number of allylic oxidation sites excluding steroid dienone is 1. The summed E-state index contributed by atoms with van der Waals surface area (Å²) in [5, 5.41) is 22.0. The number of hydrogen-bond donors (Lipinski definition) is 5. The van der Waals surface area contributed by atoms with Crippen LogP contribution in [0.5, 0.6) is 0 Å². The first-order valence-corrected chi connectivity index (χ1v) is 17.1. The number of ether oxygens (including phenoxy) is 1. The maximum atomic E-state index is 13.9. The molecule has 2 aromatic rings. The molecule has 4 rings (SSSR count). The van der Waals surface area contributed by atoms with Crippen LogP contribution in [0.15, 0.2) is 65.2 Å². The number of amides is 4. The highest BCUT2D eigenvalue weighted by Crippen LogP contribution is 2.24. The highest BCUT2D eigenvalue weighted by atomic mass is 79.9. The molecule has 0 saturated carbocycles. The number of methoxy groups -OCH3 is 1. The Bertz CT molecular complexity index is 1420. The molecule has 2 aliphatic heterocycles. The second-order valence-electron chi connectivity index (χ2n) is 13.7. The van der Waals surface area contributed by atoms with Crippen LogP contribution in [-0.2, 0) is 38.5 Å². The number of fused-ring (bicyclic) bond motifs is 11. The lowest BCUT2D eigenvalue weighted by molar-refractivity contribution is -0.144. The van der Waals surface area contributed by atoms with Gasteiger partial charge in [0.05, 0.1) is 7.11 Å². The zero-order valence-electron chi connectivity index (χ0n) is 28.8. The van der Waals surface area contributed by atoms with Crippen molar-refractivity contribution in [3.63, 3.8) is 0 Å².